The minimum atomic E-state index is 0.446. The zero-order valence-electron chi connectivity index (χ0n) is 14.7. The molecule has 0 saturated carbocycles. The van der Waals surface area contributed by atoms with Crippen LogP contribution in [0, 0.1) is 17.3 Å². The minimum absolute atomic E-state index is 0.446. The Morgan fingerprint density at radius 1 is 0.895 bits per heavy atom. The second-order valence-electron chi connectivity index (χ2n) is 7.96. The molecule has 0 heterocycles. The largest absolute Gasteiger partial charge is 0.313 e. The number of hydrogen-bond acceptors (Lipinski definition) is 1. The third-order valence-electron chi connectivity index (χ3n) is 3.84. The van der Waals surface area contributed by atoms with E-state index < -0.39 is 0 Å². The summed E-state index contributed by atoms with van der Waals surface area (Å²) < 4.78 is 0. The van der Waals surface area contributed by atoms with E-state index in [4.69, 9.17) is 0 Å². The first-order valence-corrected chi connectivity index (χ1v) is 8.50. The fourth-order valence-electron chi connectivity index (χ4n) is 2.76. The van der Waals surface area contributed by atoms with E-state index in [1.807, 2.05) is 0 Å². The third-order valence-corrected chi connectivity index (χ3v) is 3.84. The molecule has 0 rings (SSSR count). The maximum Gasteiger partial charge on any atom is 0.00721 e. The predicted octanol–water partition coefficient (Wildman–Crippen LogP) is 5.64. The van der Waals surface area contributed by atoms with Crippen LogP contribution >= 0.6 is 0 Å². The second kappa shape index (κ2) is 9.80. The molecule has 0 aromatic rings. The highest BCUT2D eigenvalue weighted by Gasteiger charge is 2.20. The Morgan fingerprint density at radius 3 is 1.84 bits per heavy atom. The maximum atomic E-state index is 3.85. The fourth-order valence-corrected chi connectivity index (χ4v) is 2.76. The molecule has 0 aliphatic carbocycles. The zero-order valence-corrected chi connectivity index (χ0v) is 14.7. The Labute approximate surface area is 122 Å². The summed E-state index contributed by atoms with van der Waals surface area (Å²) >= 11 is 0. The van der Waals surface area contributed by atoms with Crippen molar-refractivity contribution in [1.82, 2.24) is 5.32 Å². The van der Waals surface area contributed by atoms with Gasteiger partial charge in [0.25, 0.3) is 0 Å². The van der Waals surface area contributed by atoms with Gasteiger partial charge in [0.15, 0.2) is 0 Å². The lowest BCUT2D eigenvalue weighted by Crippen LogP contribution is -2.38. The Morgan fingerprint density at radius 2 is 1.42 bits per heavy atom. The van der Waals surface area contributed by atoms with E-state index in [1.54, 1.807) is 0 Å². The first-order valence-electron chi connectivity index (χ1n) is 8.50. The molecule has 0 fully saturated rings. The van der Waals surface area contributed by atoms with Crippen molar-refractivity contribution in [2.75, 3.05) is 6.54 Å². The van der Waals surface area contributed by atoms with Gasteiger partial charge in [-0.3, -0.25) is 0 Å². The Bertz CT molecular complexity index is 196. The van der Waals surface area contributed by atoms with Crippen molar-refractivity contribution in [2.45, 2.75) is 93.0 Å². The van der Waals surface area contributed by atoms with Crippen molar-refractivity contribution >= 4 is 0 Å². The third kappa shape index (κ3) is 11.5. The van der Waals surface area contributed by atoms with Gasteiger partial charge in [0.2, 0.25) is 0 Å². The quantitative estimate of drug-likeness (QED) is 0.478. The summed E-state index contributed by atoms with van der Waals surface area (Å²) in [4.78, 5) is 0. The second-order valence-corrected chi connectivity index (χ2v) is 7.96. The van der Waals surface area contributed by atoms with E-state index in [0.29, 0.717) is 11.5 Å². The van der Waals surface area contributed by atoms with E-state index in [1.165, 1.54) is 45.1 Å². The molecule has 0 spiro atoms. The molecule has 0 unspecified atom stereocenters. The maximum absolute atomic E-state index is 3.85. The lowest BCUT2D eigenvalue weighted by atomic mass is 9.86. The molecule has 116 valence electrons. The van der Waals surface area contributed by atoms with Crippen molar-refractivity contribution in [1.29, 1.82) is 0 Å². The number of hydrogen-bond donors (Lipinski definition) is 1. The highest BCUT2D eigenvalue weighted by atomic mass is 14.9. The van der Waals surface area contributed by atoms with Gasteiger partial charge in [-0.1, -0.05) is 67.7 Å². The van der Waals surface area contributed by atoms with Crippen molar-refractivity contribution in [3.63, 3.8) is 0 Å². The molecule has 19 heavy (non-hydrogen) atoms. The van der Waals surface area contributed by atoms with E-state index in [9.17, 15) is 0 Å². The normalized spacial score (nSPS) is 12.9. The van der Waals surface area contributed by atoms with Gasteiger partial charge in [0, 0.05) is 12.6 Å². The molecule has 0 bridgehead atoms. The van der Waals surface area contributed by atoms with Crippen molar-refractivity contribution in [3.8, 4) is 0 Å². The summed E-state index contributed by atoms with van der Waals surface area (Å²) in [5, 5.41) is 3.85. The molecule has 1 nitrogen and oxygen atoms in total. The minimum Gasteiger partial charge on any atom is -0.313 e. The van der Waals surface area contributed by atoms with E-state index in [0.717, 1.165) is 11.8 Å². The SMILES string of the molecule is CCCCCC(C)(C)CNC(CC(C)C)CC(C)C. The number of unbranched alkanes of at least 4 members (excludes halogenated alkanes) is 2. The van der Waals surface area contributed by atoms with Crippen molar-refractivity contribution < 1.29 is 0 Å². The van der Waals surface area contributed by atoms with Crippen LogP contribution in [0.5, 0.6) is 0 Å². The monoisotopic (exact) mass is 269 g/mol. The van der Waals surface area contributed by atoms with Gasteiger partial charge in [-0.05, 0) is 36.5 Å². The van der Waals surface area contributed by atoms with Crippen LogP contribution in [0.25, 0.3) is 0 Å². The summed E-state index contributed by atoms with van der Waals surface area (Å²) in [5.74, 6) is 1.58. The van der Waals surface area contributed by atoms with E-state index in [-0.39, 0.29) is 0 Å². The van der Waals surface area contributed by atoms with Gasteiger partial charge >= 0.3 is 0 Å². The number of rotatable bonds is 11. The van der Waals surface area contributed by atoms with Crippen LogP contribution in [-0.4, -0.2) is 12.6 Å². The molecule has 0 amide bonds. The van der Waals surface area contributed by atoms with Gasteiger partial charge in [-0.25, -0.2) is 0 Å². The van der Waals surface area contributed by atoms with Crippen LogP contribution in [0.1, 0.15) is 87.0 Å². The smallest absolute Gasteiger partial charge is 0.00721 e. The molecule has 0 aromatic heterocycles. The number of nitrogens with one attached hydrogen (secondary N) is 1. The molecular formula is C18H39N. The van der Waals surface area contributed by atoms with Crippen molar-refractivity contribution in [3.05, 3.63) is 0 Å². The van der Waals surface area contributed by atoms with Crippen LogP contribution in [0.2, 0.25) is 0 Å². The van der Waals surface area contributed by atoms with Crippen LogP contribution in [0.15, 0.2) is 0 Å². The average Bonchev–Trinajstić information content (AvgIpc) is 2.25. The molecule has 0 aromatic carbocycles. The summed E-state index contributed by atoms with van der Waals surface area (Å²) in [6.07, 6.45) is 8.05. The van der Waals surface area contributed by atoms with Gasteiger partial charge in [-0.2, -0.15) is 0 Å². The fraction of sp³-hybridized carbons (Fsp3) is 1.00. The predicted molar refractivity (Wildman–Crippen MR) is 88.6 cm³/mol. The highest BCUT2D eigenvalue weighted by Crippen LogP contribution is 2.24. The van der Waals surface area contributed by atoms with Crippen LogP contribution < -0.4 is 5.32 Å². The topological polar surface area (TPSA) is 12.0 Å². The first-order chi connectivity index (χ1) is 8.76. The van der Waals surface area contributed by atoms with Gasteiger partial charge < -0.3 is 5.32 Å². The molecule has 0 atom stereocenters. The van der Waals surface area contributed by atoms with Crippen LogP contribution in [0.3, 0.4) is 0 Å². The van der Waals surface area contributed by atoms with Gasteiger partial charge in [0.05, 0.1) is 0 Å². The zero-order chi connectivity index (χ0) is 14.9. The summed E-state index contributed by atoms with van der Waals surface area (Å²) in [5.41, 5.74) is 0.446. The molecule has 0 radical (unpaired) electrons. The lowest BCUT2D eigenvalue weighted by molar-refractivity contribution is 0.262. The molecule has 0 aliphatic rings. The Hall–Kier alpha value is -0.0400. The van der Waals surface area contributed by atoms with E-state index in [2.05, 4.69) is 53.8 Å². The molecule has 0 aliphatic heterocycles. The molecule has 0 saturated heterocycles. The van der Waals surface area contributed by atoms with Crippen molar-refractivity contribution in [2.24, 2.45) is 17.3 Å². The summed E-state index contributed by atoms with van der Waals surface area (Å²) in [6.45, 7) is 17.6. The molecule has 1 N–H and O–H groups in total. The average molecular weight is 270 g/mol. The summed E-state index contributed by atoms with van der Waals surface area (Å²) in [7, 11) is 0. The Kier molecular flexibility index (Phi) is 9.78. The first kappa shape index (κ1) is 19.0. The lowest BCUT2D eigenvalue weighted by Gasteiger charge is -2.30. The Balaban J connectivity index is 4.12. The van der Waals surface area contributed by atoms with Gasteiger partial charge in [-0.15, -0.1) is 0 Å². The van der Waals surface area contributed by atoms with Gasteiger partial charge in [0.1, 0.15) is 0 Å². The highest BCUT2D eigenvalue weighted by molar-refractivity contribution is 4.77. The summed E-state index contributed by atoms with van der Waals surface area (Å²) in [6, 6.07) is 0.699. The van der Waals surface area contributed by atoms with Crippen LogP contribution in [0.4, 0.5) is 0 Å². The standard InChI is InChI=1S/C18H39N/c1-8-9-10-11-18(6,7)14-19-17(12-15(2)3)13-16(4)5/h15-17,19H,8-14H2,1-7H3. The molecule has 1 heteroatoms. The molecular weight excluding hydrogens is 230 g/mol. The van der Waals surface area contributed by atoms with Crippen LogP contribution in [-0.2, 0) is 0 Å². The van der Waals surface area contributed by atoms with E-state index >= 15 is 0 Å².